The molecule has 0 atom stereocenters. The van der Waals surface area contributed by atoms with Gasteiger partial charge in [0, 0.05) is 28.6 Å². The van der Waals surface area contributed by atoms with Gasteiger partial charge in [0.25, 0.3) is 0 Å². The molecule has 0 radical (unpaired) electrons. The fraction of sp³-hybridized carbons (Fsp3) is 0.375. The molecule has 4 nitrogen and oxygen atoms in total. The first-order valence-electron chi connectivity index (χ1n) is 7.44. The molecule has 1 aromatic heterocycles. The summed E-state index contributed by atoms with van der Waals surface area (Å²) < 4.78 is 3.04. The number of imidazole rings is 1. The van der Waals surface area contributed by atoms with Gasteiger partial charge in [0.15, 0.2) is 5.16 Å². The van der Waals surface area contributed by atoms with Crippen molar-refractivity contribution in [2.45, 2.75) is 36.9 Å². The predicted octanol–water partition coefficient (Wildman–Crippen LogP) is 3.79. The monoisotopic (exact) mass is 379 g/mol. The Bertz CT molecular complexity index is 635. The number of nitrogens with one attached hydrogen (secondary N) is 1. The molecule has 1 aliphatic carbocycles. The molecular weight excluding hydrogens is 362 g/mol. The van der Waals surface area contributed by atoms with Gasteiger partial charge >= 0.3 is 0 Å². The van der Waals surface area contributed by atoms with Crippen LogP contribution in [0.15, 0.2) is 46.3 Å². The lowest BCUT2D eigenvalue weighted by molar-refractivity contribution is -0.119. The Balaban J connectivity index is 1.60. The van der Waals surface area contributed by atoms with Crippen molar-refractivity contribution in [2.24, 2.45) is 0 Å². The number of hydrogen-bond donors (Lipinski definition) is 1. The van der Waals surface area contributed by atoms with E-state index in [0.29, 0.717) is 11.8 Å². The van der Waals surface area contributed by atoms with Crippen LogP contribution in [0.4, 0.5) is 0 Å². The zero-order valence-electron chi connectivity index (χ0n) is 12.2. The van der Waals surface area contributed by atoms with Gasteiger partial charge in [0.05, 0.1) is 5.75 Å². The number of benzene rings is 1. The smallest absolute Gasteiger partial charge is 0.230 e. The molecule has 0 unspecified atom stereocenters. The highest BCUT2D eigenvalue weighted by atomic mass is 79.9. The van der Waals surface area contributed by atoms with E-state index >= 15 is 0 Å². The van der Waals surface area contributed by atoms with E-state index in [1.54, 1.807) is 6.20 Å². The van der Waals surface area contributed by atoms with Gasteiger partial charge in [-0.15, -0.1) is 0 Å². The standard InChI is InChI=1S/C16H18BrN3OS/c17-12-5-7-14(8-6-12)20-10-9-18-16(20)22-11-15(21)19-13-3-1-2-4-13/h5-10,13H,1-4,11H2,(H,19,21). The number of aromatic nitrogens is 2. The van der Waals surface area contributed by atoms with Crippen molar-refractivity contribution in [3.8, 4) is 5.69 Å². The molecule has 1 fully saturated rings. The summed E-state index contributed by atoms with van der Waals surface area (Å²) in [6.07, 6.45) is 8.37. The molecule has 2 aromatic rings. The lowest BCUT2D eigenvalue weighted by Crippen LogP contribution is -2.33. The fourth-order valence-corrected chi connectivity index (χ4v) is 3.71. The minimum atomic E-state index is 0.0993. The van der Waals surface area contributed by atoms with Gasteiger partial charge in [-0.3, -0.25) is 9.36 Å². The first-order valence-corrected chi connectivity index (χ1v) is 9.22. The molecule has 1 heterocycles. The Hall–Kier alpha value is -1.27. The summed E-state index contributed by atoms with van der Waals surface area (Å²) in [6.45, 7) is 0. The average molecular weight is 380 g/mol. The van der Waals surface area contributed by atoms with Gasteiger partial charge < -0.3 is 5.32 Å². The molecule has 6 heteroatoms. The molecule has 22 heavy (non-hydrogen) atoms. The van der Waals surface area contributed by atoms with Crippen molar-refractivity contribution < 1.29 is 4.79 Å². The molecule has 116 valence electrons. The van der Waals surface area contributed by atoms with Gasteiger partial charge in [-0.25, -0.2) is 4.98 Å². The minimum absolute atomic E-state index is 0.0993. The molecule has 0 bridgehead atoms. The summed E-state index contributed by atoms with van der Waals surface area (Å²) in [7, 11) is 0. The average Bonchev–Trinajstić information content (AvgIpc) is 3.17. The van der Waals surface area contributed by atoms with Crippen molar-refractivity contribution in [2.75, 3.05) is 5.75 Å². The highest BCUT2D eigenvalue weighted by molar-refractivity contribution is 9.10. The van der Waals surface area contributed by atoms with E-state index in [2.05, 4.69) is 26.2 Å². The third kappa shape index (κ3) is 3.93. The molecule has 1 aliphatic rings. The second-order valence-electron chi connectivity index (χ2n) is 5.39. The minimum Gasteiger partial charge on any atom is -0.353 e. The third-order valence-electron chi connectivity index (χ3n) is 3.76. The normalized spacial score (nSPS) is 15.1. The number of rotatable bonds is 5. The zero-order valence-corrected chi connectivity index (χ0v) is 14.6. The first kappa shape index (κ1) is 15.6. The van der Waals surface area contributed by atoms with Gasteiger partial charge in [0.2, 0.25) is 5.91 Å². The number of amides is 1. The largest absolute Gasteiger partial charge is 0.353 e. The van der Waals surface area contributed by atoms with Crippen LogP contribution in [-0.4, -0.2) is 27.3 Å². The maximum atomic E-state index is 12.0. The van der Waals surface area contributed by atoms with E-state index in [0.717, 1.165) is 28.2 Å². The molecular formula is C16H18BrN3OS. The van der Waals surface area contributed by atoms with Crippen LogP contribution in [0.25, 0.3) is 5.69 Å². The second kappa shape index (κ2) is 7.33. The lowest BCUT2D eigenvalue weighted by Gasteiger charge is -2.12. The van der Waals surface area contributed by atoms with Crippen molar-refractivity contribution in [3.63, 3.8) is 0 Å². The maximum absolute atomic E-state index is 12.0. The summed E-state index contributed by atoms with van der Waals surface area (Å²) in [5.41, 5.74) is 1.04. The molecule has 3 rings (SSSR count). The van der Waals surface area contributed by atoms with E-state index in [-0.39, 0.29) is 5.91 Å². The summed E-state index contributed by atoms with van der Waals surface area (Å²) >= 11 is 4.91. The number of thioether (sulfide) groups is 1. The molecule has 1 aromatic carbocycles. The Morgan fingerprint density at radius 3 is 2.77 bits per heavy atom. The van der Waals surface area contributed by atoms with Crippen LogP contribution in [0.2, 0.25) is 0 Å². The highest BCUT2D eigenvalue weighted by Crippen LogP contribution is 2.22. The molecule has 1 N–H and O–H groups in total. The van der Waals surface area contributed by atoms with Crippen LogP contribution >= 0.6 is 27.7 Å². The third-order valence-corrected chi connectivity index (χ3v) is 5.26. The number of carbonyl (C=O) groups is 1. The van der Waals surface area contributed by atoms with Gasteiger partial charge in [-0.1, -0.05) is 40.5 Å². The number of halogens is 1. The van der Waals surface area contributed by atoms with Gasteiger partial charge in [0.1, 0.15) is 0 Å². The Morgan fingerprint density at radius 1 is 1.32 bits per heavy atom. The van der Waals surface area contributed by atoms with Crippen molar-refractivity contribution >= 4 is 33.6 Å². The number of hydrogen-bond acceptors (Lipinski definition) is 3. The zero-order chi connectivity index (χ0) is 15.4. The van der Waals surface area contributed by atoms with Crippen molar-refractivity contribution in [1.82, 2.24) is 14.9 Å². The van der Waals surface area contributed by atoms with E-state index in [1.807, 2.05) is 35.0 Å². The summed E-state index contributed by atoms with van der Waals surface area (Å²) in [6, 6.07) is 8.41. The summed E-state index contributed by atoms with van der Waals surface area (Å²) in [4.78, 5) is 16.4. The maximum Gasteiger partial charge on any atom is 0.230 e. The topological polar surface area (TPSA) is 46.9 Å². The summed E-state index contributed by atoms with van der Waals surface area (Å²) in [5.74, 6) is 0.506. The van der Waals surface area contributed by atoms with E-state index in [9.17, 15) is 4.79 Å². The second-order valence-corrected chi connectivity index (χ2v) is 7.25. The van der Waals surface area contributed by atoms with Crippen LogP contribution in [0.3, 0.4) is 0 Å². The van der Waals surface area contributed by atoms with Gasteiger partial charge in [-0.2, -0.15) is 0 Å². The Kier molecular flexibility index (Phi) is 5.20. The van der Waals surface area contributed by atoms with Crippen LogP contribution in [0.1, 0.15) is 25.7 Å². The van der Waals surface area contributed by atoms with E-state index < -0.39 is 0 Å². The van der Waals surface area contributed by atoms with Crippen molar-refractivity contribution in [1.29, 1.82) is 0 Å². The van der Waals surface area contributed by atoms with E-state index in [4.69, 9.17) is 0 Å². The SMILES string of the molecule is O=C(CSc1nccn1-c1ccc(Br)cc1)NC1CCCC1. The van der Waals surface area contributed by atoms with Crippen molar-refractivity contribution in [3.05, 3.63) is 41.1 Å². The molecule has 1 amide bonds. The number of carbonyl (C=O) groups excluding carboxylic acids is 1. The quantitative estimate of drug-likeness (QED) is 0.803. The van der Waals surface area contributed by atoms with Crippen LogP contribution in [0.5, 0.6) is 0 Å². The molecule has 0 spiro atoms. The van der Waals surface area contributed by atoms with Crippen LogP contribution < -0.4 is 5.32 Å². The molecule has 1 saturated carbocycles. The van der Waals surface area contributed by atoms with Gasteiger partial charge in [-0.05, 0) is 37.1 Å². The van der Waals surface area contributed by atoms with Crippen LogP contribution in [0, 0.1) is 0 Å². The molecule has 0 saturated heterocycles. The Morgan fingerprint density at radius 2 is 2.05 bits per heavy atom. The lowest BCUT2D eigenvalue weighted by atomic mass is 10.2. The molecule has 0 aliphatic heterocycles. The van der Waals surface area contributed by atoms with Crippen LogP contribution in [-0.2, 0) is 4.79 Å². The first-order chi connectivity index (χ1) is 10.7. The fourth-order valence-electron chi connectivity index (χ4n) is 2.66. The van der Waals surface area contributed by atoms with E-state index in [1.165, 1.54) is 24.6 Å². The number of nitrogens with zero attached hydrogens (tertiary/aromatic N) is 2. The Labute approximate surface area is 142 Å². The summed E-state index contributed by atoms with van der Waals surface area (Å²) in [5, 5.41) is 3.94. The predicted molar refractivity (Wildman–Crippen MR) is 92.4 cm³/mol. The highest BCUT2D eigenvalue weighted by Gasteiger charge is 2.17.